The number of carboxylic acids is 2. The molecule has 1 saturated heterocycles. The number of nitrogens with zero attached hydrogens (tertiary/aromatic N) is 2. The summed E-state index contributed by atoms with van der Waals surface area (Å²) in [5.74, 6) is -0.600. The van der Waals surface area contributed by atoms with Gasteiger partial charge in [-0.25, -0.2) is 4.79 Å². The second-order valence-electron chi connectivity index (χ2n) is 12.9. The first kappa shape index (κ1) is 34.7. The highest BCUT2D eigenvalue weighted by Crippen LogP contribution is 2.25. The van der Waals surface area contributed by atoms with Gasteiger partial charge in [0.1, 0.15) is 5.75 Å². The van der Waals surface area contributed by atoms with E-state index in [9.17, 15) is 14.7 Å². The summed E-state index contributed by atoms with van der Waals surface area (Å²) in [6, 6.07) is 16.0. The first-order valence-corrected chi connectivity index (χ1v) is 17.4. The van der Waals surface area contributed by atoms with Crippen molar-refractivity contribution in [2.75, 3.05) is 39.3 Å². The number of hydrogen-bond acceptors (Lipinski definition) is 5. The molecule has 246 valence electrons. The lowest BCUT2D eigenvalue weighted by Crippen LogP contribution is -2.50. The Morgan fingerprint density at radius 2 is 1.58 bits per heavy atom. The highest BCUT2D eigenvalue weighted by molar-refractivity contribution is 5.87. The van der Waals surface area contributed by atoms with Crippen molar-refractivity contribution >= 4 is 18.0 Å². The van der Waals surface area contributed by atoms with Gasteiger partial charge in [0.15, 0.2) is 0 Å². The molecule has 1 aliphatic carbocycles. The number of benzene rings is 2. The Balaban J connectivity index is 1.20. The van der Waals surface area contributed by atoms with Crippen LogP contribution in [0.5, 0.6) is 5.75 Å². The minimum atomic E-state index is -0.929. The number of hydrogen-bond donors (Lipinski definition) is 2. The number of aromatic carboxylic acids is 1. The molecule has 1 atom stereocenters. The first-order chi connectivity index (χ1) is 22.0. The Morgan fingerprint density at radius 1 is 0.844 bits per heavy atom. The minimum absolute atomic E-state index is 0.178. The number of ether oxygens (including phenoxy) is 1. The van der Waals surface area contributed by atoms with E-state index in [1.165, 1.54) is 84.1 Å². The van der Waals surface area contributed by atoms with Crippen LogP contribution in [0.15, 0.2) is 54.6 Å². The lowest BCUT2D eigenvalue weighted by atomic mass is 9.92. The molecule has 7 nitrogen and oxygen atoms in total. The molecule has 1 saturated carbocycles. The molecule has 1 heterocycles. The second-order valence-corrected chi connectivity index (χ2v) is 12.9. The average Bonchev–Trinajstić information content (AvgIpc) is 3.34. The van der Waals surface area contributed by atoms with Crippen LogP contribution in [-0.2, 0) is 11.2 Å². The van der Waals surface area contributed by atoms with Gasteiger partial charge < -0.3 is 19.8 Å². The van der Waals surface area contributed by atoms with Crippen LogP contribution in [0.3, 0.4) is 0 Å². The van der Waals surface area contributed by atoms with Gasteiger partial charge >= 0.3 is 11.9 Å². The van der Waals surface area contributed by atoms with E-state index >= 15 is 0 Å². The van der Waals surface area contributed by atoms with Crippen LogP contribution in [0.4, 0.5) is 0 Å². The molecule has 0 radical (unpaired) electrons. The monoisotopic (exact) mass is 618 g/mol. The zero-order chi connectivity index (χ0) is 31.7. The third-order valence-electron chi connectivity index (χ3n) is 9.51. The molecular formula is C38H54N2O5. The van der Waals surface area contributed by atoms with Gasteiger partial charge in [0.05, 0.1) is 12.2 Å². The van der Waals surface area contributed by atoms with Crippen molar-refractivity contribution in [2.24, 2.45) is 5.92 Å². The summed E-state index contributed by atoms with van der Waals surface area (Å²) in [5.41, 5.74) is 2.39. The maximum atomic E-state index is 11.2. The predicted molar refractivity (Wildman–Crippen MR) is 181 cm³/mol. The Morgan fingerprint density at radius 3 is 2.29 bits per heavy atom. The molecule has 1 aliphatic heterocycles. The molecule has 2 aromatic rings. The third-order valence-corrected chi connectivity index (χ3v) is 9.51. The van der Waals surface area contributed by atoms with Gasteiger partial charge in [0, 0.05) is 44.2 Å². The van der Waals surface area contributed by atoms with Gasteiger partial charge in [-0.3, -0.25) is 9.69 Å². The molecule has 0 bridgehead atoms. The fourth-order valence-electron chi connectivity index (χ4n) is 6.80. The van der Waals surface area contributed by atoms with E-state index in [0.29, 0.717) is 13.0 Å². The number of carbonyl (C=O) groups is 2. The Hall–Kier alpha value is -3.16. The van der Waals surface area contributed by atoms with Gasteiger partial charge in [-0.1, -0.05) is 74.6 Å². The summed E-state index contributed by atoms with van der Waals surface area (Å²) in [6.45, 7) is 6.78. The smallest absolute Gasteiger partial charge is 0.335 e. The van der Waals surface area contributed by atoms with Gasteiger partial charge in [-0.05, 0) is 87.6 Å². The third kappa shape index (κ3) is 12.6. The Labute approximate surface area is 270 Å². The number of rotatable bonds is 18. The molecule has 2 aromatic carbocycles. The molecule has 4 rings (SSSR count). The molecule has 2 fully saturated rings. The molecule has 0 amide bonds. The van der Waals surface area contributed by atoms with Gasteiger partial charge in [0.25, 0.3) is 0 Å². The fraction of sp³-hybridized carbons (Fsp3) is 0.579. The van der Waals surface area contributed by atoms with Crippen molar-refractivity contribution in [3.8, 4) is 5.75 Å². The van der Waals surface area contributed by atoms with Crippen molar-refractivity contribution in [1.29, 1.82) is 0 Å². The van der Waals surface area contributed by atoms with Crippen LogP contribution in [0.1, 0.15) is 105 Å². The van der Waals surface area contributed by atoms with Crippen LogP contribution in [0.25, 0.3) is 6.08 Å². The van der Waals surface area contributed by atoms with Gasteiger partial charge in [-0.2, -0.15) is 0 Å². The zero-order valence-corrected chi connectivity index (χ0v) is 27.1. The molecular weight excluding hydrogens is 564 g/mol. The van der Waals surface area contributed by atoms with Crippen LogP contribution in [-0.4, -0.2) is 77.3 Å². The Kier molecular flexibility index (Phi) is 14.9. The largest absolute Gasteiger partial charge is 0.493 e. The summed E-state index contributed by atoms with van der Waals surface area (Å²) in [5, 5.41) is 18.2. The normalized spacial score (nSPS) is 17.7. The number of aliphatic carboxylic acids is 1. The number of carboxylic acid groups (broad SMARTS) is 2. The van der Waals surface area contributed by atoms with E-state index in [0.717, 1.165) is 48.6 Å². The van der Waals surface area contributed by atoms with Gasteiger partial charge in [-0.15, -0.1) is 0 Å². The zero-order valence-electron chi connectivity index (χ0n) is 27.1. The summed E-state index contributed by atoms with van der Waals surface area (Å²) in [7, 11) is 0. The number of unbranched alkanes of at least 4 members (excludes halogenated alkanes) is 3. The maximum absolute atomic E-state index is 11.2. The summed E-state index contributed by atoms with van der Waals surface area (Å²) < 4.78 is 6.24. The molecule has 0 aromatic heterocycles. The lowest BCUT2D eigenvalue weighted by Gasteiger charge is -2.39. The number of allylic oxidation sites excluding steroid dienone is 1. The van der Waals surface area contributed by atoms with Gasteiger partial charge in [0.2, 0.25) is 0 Å². The molecule has 1 unspecified atom stereocenters. The highest BCUT2D eigenvalue weighted by atomic mass is 16.5. The molecule has 2 N–H and O–H groups in total. The summed E-state index contributed by atoms with van der Waals surface area (Å²) in [4.78, 5) is 27.6. The standard InChI is InChI=1S/C38H54N2O5/c41-37(42)17-9-6-12-31(30-32-19-22-34(23-20-32)38(43)44)18-21-33-13-7-8-16-36(33)45-29-11-3-10-24-39-25-27-40(28-26-39)35-14-4-1-2-5-15-35/h7-8,13,16,18-23,31,35H,1-6,9-12,14-15,17,24-30H2,(H,41,42)(H,43,44)/b21-18+. The Bertz CT molecular complexity index is 1180. The van der Waals surface area contributed by atoms with Crippen molar-refractivity contribution in [3.63, 3.8) is 0 Å². The predicted octanol–water partition coefficient (Wildman–Crippen LogP) is 7.79. The molecule has 2 aliphatic rings. The lowest BCUT2D eigenvalue weighted by molar-refractivity contribution is -0.137. The first-order valence-electron chi connectivity index (χ1n) is 17.4. The molecule has 45 heavy (non-hydrogen) atoms. The van der Waals surface area contributed by atoms with E-state index in [2.05, 4.69) is 28.0 Å². The van der Waals surface area contributed by atoms with E-state index < -0.39 is 11.9 Å². The van der Waals surface area contributed by atoms with E-state index in [-0.39, 0.29) is 17.9 Å². The van der Waals surface area contributed by atoms with Crippen LogP contribution in [0.2, 0.25) is 0 Å². The summed E-state index contributed by atoms with van der Waals surface area (Å²) in [6.07, 6.45) is 19.5. The maximum Gasteiger partial charge on any atom is 0.335 e. The van der Waals surface area contributed by atoms with E-state index in [1.54, 1.807) is 12.1 Å². The van der Waals surface area contributed by atoms with Crippen LogP contribution < -0.4 is 4.74 Å². The molecule has 7 heteroatoms. The van der Waals surface area contributed by atoms with Crippen molar-refractivity contribution in [2.45, 2.75) is 95.9 Å². The van der Waals surface area contributed by atoms with Crippen LogP contribution >= 0.6 is 0 Å². The van der Waals surface area contributed by atoms with E-state index in [1.807, 2.05) is 30.3 Å². The quantitative estimate of drug-likeness (QED) is 0.130. The fourth-order valence-corrected chi connectivity index (χ4v) is 6.80. The number of piperazine rings is 1. The van der Waals surface area contributed by atoms with Crippen LogP contribution in [0, 0.1) is 5.92 Å². The second kappa shape index (κ2) is 19.4. The van der Waals surface area contributed by atoms with E-state index in [4.69, 9.17) is 9.84 Å². The van der Waals surface area contributed by atoms with Crippen molar-refractivity contribution in [1.82, 2.24) is 9.80 Å². The van der Waals surface area contributed by atoms with Crippen molar-refractivity contribution < 1.29 is 24.5 Å². The van der Waals surface area contributed by atoms with Crippen molar-refractivity contribution in [3.05, 3.63) is 71.3 Å². The SMILES string of the molecule is O=C(O)CCCCC(/C=C/c1ccccc1OCCCCCN1CCN(C2CCCCCC2)CC1)Cc1ccc(C(=O)O)cc1. The average molecular weight is 619 g/mol. The topological polar surface area (TPSA) is 90.3 Å². The summed E-state index contributed by atoms with van der Waals surface area (Å²) >= 11 is 0. The number of para-hydroxylation sites is 1. The molecule has 0 spiro atoms. The highest BCUT2D eigenvalue weighted by Gasteiger charge is 2.24. The minimum Gasteiger partial charge on any atom is -0.493 e.